The monoisotopic (exact) mass is 1400 g/mol. The molecule has 4 bridgehead atoms. The molecule has 6 amide bonds. The fourth-order valence-electron chi connectivity index (χ4n) is 11.8. The van der Waals surface area contributed by atoms with Crippen molar-refractivity contribution in [1.82, 2.24) is 25.8 Å². The number of nitrogens with two attached hydrogens (primary N) is 1. The lowest BCUT2D eigenvalue weighted by molar-refractivity contribution is -0.187. The van der Waals surface area contributed by atoms with Crippen LogP contribution < -0.4 is 26.6 Å². The molecule has 2 saturated heterocycles. The summed E-state index contributed by atoms with van der Waals surface area (Å²) in [7, 11) is 4.46. The largest absolute Gasteiger partial charge is 0.462 e. The molecule has 3 aromatic rings. The third-order valence-electron chi connectivity index (χ3n) is 17.6. The molecule has 3 aliphatic rings. The van der Waals surface area contributed by atoms with Crippen molar-refractivity contribution >= 4 is 113 Å². The van der Waals surface area contributed by atoms with Gasteiger partial charge in [0.05, 0.1) is 52.7 Å². The second kappa shape index (κ2) is 32.9. The number of unbranched alkanes of at least 4 members (excludes halogenated alkanes) is 2. The van der Waals surface area contributed by atoms with Crippen LogP contribution in [-0.4, -0.2) is 161 Å². The number of hydrogen-bond donors (Lipinski definition) is 5. The lowest BCUT2D eigenvalue weighted by atomic mass is 9.78. The first kappa shape index (κ1) is 72.9. The summed E-state index contributed by atoms with van der Waals surface area (Å²) in [6, 6.07) is 7.19. The van der Waals surface area contributed by atoms with Gasteiger partial charge in [0.1, 0.15) is 41.3 Å². The van der Waals surface area contributed by atoms with Crippen molar-refractivity contribution in [3.63, 3.8) is 0 Å². The molecule has 2 fully saturated rings. The number of esters is 2. The van der Waals surface area contributed by atoms with Crippen molar-refractivity contribution in [2.45, 2.75) is 173 Å². The van der Waals surface area contributed by atoms with Crippen molar-refractivity contribution in [1.29, 1.82) is 0 Å². The van der Waals surface area contributed by atoms with Gasteiger partial charge in [0, 0.05) is 94.1 Å². The molecular weight excluding hydrogens is 1310 g/mol. The van der Waals surface area contributed by atoms with Gasteiger partial charge in [0.15, 0.2) is 5.78 Å². The summed E-state index contributed by atoms with van der Waals surface area (Å²) < 4.78 is 24.4. The molecule has 6 N–H and O–H groups in total. The highest BCUT2D eigenvalue weighted by atomic mass is 79.9. The Balaban J connectivity index is 1.20. The van der Waals surface area contributed by atoms with E-state index in [-0.39, 0.29) is 91.9 Å². The molecule has 6 rings (SSSR count). The van der Waals surface area contributed by atoms with E-state index in [0.29, 0.717) is 64.5 Å². The van der Waals surface area contributed by atoms with E-state index < -0.39 is 102 Å². The van der Waals surface area contributed by atoms with Crippen molar-refractivity contribution in [2.75, 3.05) is 49.9 Å². The first-order chi connectivity index (χ1) is 42.6. The average molecular weight is 1400 g/mol. The minimum absolute atomic E-state index is 0.00812. The molecule has 24 heteroatoms. The van der Waals surface area contributed by atoms with Crippen LogP contribution in [0.15, 0.2) is 66.4 Å². The number of carbonyl (C=O) groups is 9. The molecule has 3 aliphatic heterocycles. The minimum Gasteiger partial charge on any atom is -0.462 e. The zero-order chi connectivity index (χ0) is 66.4. The molecule has 21 nitrogen and oxygen atoms in total. The maximum absolute atomic E-state index is 14.7. The number of urea groups is 1. The normalized spacial score (nSPS) is 23.9. The number of aryl methyl sites for hydroxylation is 1. The van der Waals surface area contributed by atoms with Crippen LogP contribution in [-0.2, 0) is 65.4 Å². The number of methoxy groups -OCH3 is 1. The van der Waals surface area contributed by atoms with Gasteiger partial charge in [-0.15, -0.1) is 0 Å². The Morgan fingerprint density at radius 1 is 0.989 bits per heavy atom. The Hall–Kier alpha value is -6.11. The topological polar surface area (TPSA) is 296 Å². The van der Waals surface area contributed by atoms with E-state index in [4.69, 9.17) is 36.3 Å². The summed E-state index contributed by atoms with van der Waals surface area (Å²) in [5.74, 6) is -5.36. The van der Waals surface area contributed by atoms with E-state index in [1.165, 1.54) is 43.1 Å². The number of aromatic nitrogens is 1. The SMILES string of the molecule is CO[C@@H]1/C=C/C=C(\C)Cc2cc(C)c(Cl)c(c2)N(C)C(=O)C[C@H](OC(=O)[C@H](C)N(C)C(=O)c2ccc(CC(=O)[C@H](CCCNC(N)=O)NC(=O)[C@@H](CC(=O)CCCCCNC(=O)C(CBr)CBr)C(C)C)c3cccnc23)[C@]2(C)O[C@H]2[C@H](C)[C@@H]2C[C@@]1(O)CC(=O)O2. The molecule has 1 aromatic heterocycles. The smallest absolute Gasteiger partial charge is 0.328 e. The molecule has 0 spiro atoms. The van der Waals surface area contributed by atoms with E-state index in [0.717, 1.165) is 16.7 Å². The molecule has 90 heavy (non-hydrogen) atoms. The summed E-state index contributed by atoms with van der Waals surface area (Å²) in [6.07, 6.45) is 5.24. The highest BCUT2D eigenvalue weighted by Crippen LogP contribution is 2.50. The van der Waals surface area contributed by atoms with Gasteiger partial charge in [-0.1, -0.05) is 113 Å². The summed E-state index contributed by atoms with van der Waals surface area (Å²) in [5.41, 5.74) is 6.12. The van der Waals surface area contributed by atoms with E-state index in [2.05, 4.69) is 52.8 Å². The number of nitrogens with one attached hydrogen (secondary N) is 3. The highest BCUT2D eigenvalue weighted by molar-refractivity contribution is 9.09. The average Bonchev–Trinajstić information content (AvgIpc) is 1.63. The Bertz CT molecular complexity index is 3200. The van der Waals surface area contributed by atoms with Crippen LogP contribution in [0.25, 0.3) is 10.9 Å². The number of halogens is 3. The van der Waals surface area contributed by atoms with Gasteiger partial charge < -0.3 is 55.5 Å². The number of likely N-dealkylation sites (N-methyl/N-ethyl adjacent to an activating group) is 1. The number of hydrogen-bond acceptors (Lipinski definition) is 15. The molecule has 492 valence electrons. The number of Topliss-reactive ketones (excluding diaryl/α,β-unsaturated/α-hetero) is 2. The number of pyridine rings is 1. The molecule has 2 aromatic carbocycles. The third-order valence-corrected chi connectivity index (χ3v) is 19.7. The number of primary amides is 1. The van der Waals surface area contributed by atoms with Crippen molar-refractivity contribution in [2.24, 2.45) is 29.4 Å². The van der Waals surface area contributed by atoms with Gasteiger partial charge >= 0.3 is 18.0 Å². The number of ketones is 2. The first-order valence-electron chi connectivity index (χ1n) is 30.7. The number of rotatable bonds is 26. The Kier molecular flexibility index (Phi) is 26.7. The molecule has 0 radical (unpaired) electrons. The summed E-state index contributed by atoms with van der Waals surface area (Å²) in [5, 5.41) is 22.3. The Labute approximate surface area is 549 Å². The number of fused-ring (bicyclic) bond motifs is 6. The number of epoxide rings is 1. The van der Waals surface area contributed by atoms with Gasteiger partial charge in [0.25, 0.3) is 5.91 Å². The summed E-state index contributed by atoms with van der Waals surface area (Å²) >= 11 is 13.6. The standard InChI is InChI=1S/C66H88Br2ClN7O14/c1-37(2)48(31-45(77)18-12-11-13-24-72-60(81)44(35-67)36-68)61(82)74-49(20-16-26-73-64(70)85)51(78)30-43-22-23-47(58-46(43)19-15-25-71-58)62(83)75(8)41(6)63(84)89-54-32-55(79)76(9)50-29-42(28-39(4)57(50)69)27-38(3)17-14-21-53(87-10)66(86)33-52(88-56(80)34-66)40(5)59-65(54,7)90-59/h14-15,17,19,21-23,25,28-29,37,40-41,44,48-49,52-54,59,86H,11-13,16,18,20,24,26-27,30-36H2,1-10H3,(H,72,81)(H,74,82)(H3,70,73,85)/b21-14+,38-17+/t40-,41+,48+,49+,52+,53-,54+,59+,65+,66-/m1/s1. The maximum atomic E-state index is 14.7. The molecular formula is C66H88Br2ClN7O14. The van der Waals surface area contributed by atoms with Crippen LogP contribution >= 0.6 is 43.5 Å². The van der Waals surface area contributed by atoms with Crippen LogP contribution in [0.2, 0.25) is 5.02 Å². The number of nitrogens with zero attached hydrogens (tertiary/aromatic N) is 3. The quantitative estimate of drug-likeness (QED) is 0.0219. The molecule has 0 saturated carbocycles. The van der Waals surface area contributed by atoms with E-state index >= 15 is 0 Å². The zero-order valence-electron chi connectivity index (χ0n) is 53.2. The zero-order valence-corrected chi connectivity index (χ0v) is 57.1. The molecule has 0 aliphatic carbocycles. The van der Waals surface area contributed by atoms with Gasteiger partial charge in [-0.2, -0.15) is 0 Å². The first-order valence-corrected chi connectivity index (χ1v) is 33.3. The van der Waals surface area contributed by atoms with Crippen molar-refractivity contribution in [3.8, 4) is 0 Å². The van der Waals surface area contributed by atoms with E-state index in [9.17, 15) is 48.3 Å². The minimum atomic E-state index is -1.65. The number of aliphatic hydroxyl groups is 1. The number of carbonyl (C=O) groups excluding carboxylic acids is 9. The van der Waals surface area contributed by atoms with E-state index in [1.54, 1.807) is 51.2 Å². The highest BCUT2D eigenvalue weighted by Gasteiger charge is 2.64. The number of allylic oxidation sites excluding steroid dienone is 3. The second-order valence-electron chi connectivity index (χ2n) is 24.8. The summed E-state index contributed by atoms with van der Waals surface area (Å²) in [4.78, 5) is 130. The lowest BCUT2D eigenvalue weighted by Gasteiger charge is -2.41. The van der Waals surface area contributed by atoms with Crippen molar-refractivity contribution < 1.29 is 67.2 Å². The van der Waals surface area contributed by atoms with Crippen molar-refractivity contribution in [3.05, 3.63) is 93.7 Å². The van der Waals surface area contributed by atoms with Gasteiger partial charge in [0.2, 0.25) is 17.7 Å². The van der Waals surface area contributed by atoms with Crippen LogP contribution in [0.3, 0.4) is 0 Å². The fourth-order valence-corrected chi connectivity index (χ4v) is 13.7. The van der Waals surface area contributed by atoms with Crippen LogP contribution in [0.4, 0.5) is 10.5 Å². The fraction of sp³-hybridized carbons (Fsp3) is 0.576. The van der Waals surface area contributed by atoms with Gasteiger partial charge in [-0.3, -0.25) is 38.5 Å². The van der Waals surface area contributed by atoms with Gasteiger partial charge in [-0.25, -0.2) is 9.59 Å². The molecule has 4 heterocycles. The molecule has 0 unspecified atom stereocenters. The van der Waals surface area contributed by atoms with Crippen LogP contribution in [0.1, 0.15) is 133 Å². The summed E-state index contributed by atoms with van der Waals surface area (Å²) in [6.45, 7) is 13.0. The third kappa shape index (κ3) is 18.8. The number of anilines is 1. The maximum Gasteiger partial charge on any atom is 0.328 e. The second-order valence-corrected chi connectivity index (χ2v) is 26.4. The molecule has 10 atom stereocenters. The van der Waals surface area contributed by atoms with Crippen LogP contribution in [0, 0.1) is 30.6 Å². The van der Waals surface area contributed by atoms with Crippen LogP contribution in [0.5, 0.6) is 0 Å². The van der Waals surface area contributed by atoms with Gasteiger partial charge in [-0.05, 0) is 101 Å². The van der Waals surface area contributed by atoms with E-state index in [1.807, 2.05) is 45.9 Å². The number of alkyl halides is 2. The Morgan fingerprint density at radius 2 is 1.70 bits per heavy atom. The Morgan fingerprint density at radius 3 is 2.38 bits per heavy atom. The predicted molar refractivity (Wildman–Crippen MR) is 349 cm³/mol. The lowest BCUT2D eigenvalue weighted by Crippen LogP contribution is -2.53. The number of ether oxygens (including phenoxy) is 4. The number of benzene rings is 2. The predicted octanol–water partition coefficient (Wildman–Crippen LogP) is 8.28. The number of amides is 6.